The molecule has 0 aromatic rings. The van der Waals surface area contributed by atoms with Crippen molar-refractivity contribution in [1.29, 1.82) is 0 Å². The highest BCUT2D eigenvalue weighted by molar-refractivity contribution is 5.77. The fourth-order valence-corrected chi connectivity index (χ4v) is 1.76. The number of hydrogen-bond donors (Lipinski definition) is 2. The summed E-state index contributed by atoms with van der Waals surface area (Å²) in [5.41, 5.74) is -0.156. The smallest absolute Gasteiger partial charge is 0.245 e. The van der Waals surface area contributed by atoms with E-state index < -0.39 is 0 Å². The Labute approximate surface area is 103 Å². The lowest BCUT2D eigenvalue weighted by Gasteiger charge is -2.36. The highest BCUT2D eigenvalue weighted by atomic mass is 16.5. The minimum atomic E-state index is -0.156. The van der Waals surface area contributed by atoms with Gasteiger partial charge in [0.25, 0.3) is 0 Å². The minimum absolute atomic E-state index is 0.0257. The van der Waals surface area contributed by atoms with E-state index in [2.05, 4.69) is 10.6 Å². The van der Waals surface area contributed by atoms with Crippen molar-refractivity contribution < 1.29 is 14.3 Å². The van der Waals surface area contributed by atoms with E-state index >= 15 is 0 Å². The third-order valence-electron chi connectivity index (χ3n) is 2.52. The Morgan fingerprint density at radius 1 is 1.59 bits per heavy atom. The first-order chi connectivity index (χ1) is 8.03. The molecular weight excluding hydrogens is 220 g/mol. The first-order valence-electron chi connectivity index (χ1n) is 6.26. The highest BCUT2D eigenvalue weighted by Crippen LogP contribution is 2.15. The number of amides is 1. The van der Waals surface area contributed by atoms with E-state index in [9.17, 15) is 4.79 Å². The summed E-state index contributed by atoms with van der Waals surface area (Å²) in [7, 11) is 0. The van der Waals surface area contributed by atoms with Crippen LogP contribution in [0.5, 0.6) is 0 Å². The van der Waals surface area contributed by atoms with Crippen LogP contribution < -0.4 is 10.6 Å². The van der Waals surface area contributed by atoms with Gasteiger partial charge in [-0.2, -0.15) is 0 Å². The molecular formula is C12H24N2O3. The lowest BCUT2D eigenvalue weighted by Crippen LogP contribution is -2.52. The van der Waals surface area contributed by atoms with Crippen molar-refractivity contribution in [3.63, 3.8) is 0 Å². The quantitative estimate of drug-likeness (QED) is 0.705. The minimum Gasteiger partial charge on any atom is -0.369 e. The molecule has 1 saturated heterocycles. The maximum Gasteiger partial charge on any atom is 0.245 e. The molecule has 1 atom stereocenters. The van der Waals surface area contributed by atoms with Gasteiger partial charge in [-0.3, -0.25) is 4.79 Å². The van der Waals surface area contributed by atoms with Crippen molar-refractivity contribution in [2.45, 2.75) is 38.9 Å². The van der Waals surface area contributed by atoms with Crippen LogP contribution in [0.25, 0.3) is 0 Å². The lowest BCUT2D eigenvalue weighted by molar-refractivity contribution is -0.135. The molecule has 0 aliphatic carbocycles. The van der Waals surface area contributed by atoms with Gasteiger partial charge in [0, 0.05) is 19.6 Å². The normalized spacial score (nSPS) is 23.4. The maximum absolute atomic E-state index is 11.3. The van der Waals surface area contributed by atoms with Crippen molar-refractivity contribution in [1.82, 2.24) is 10.6 Å². The largest absolute Gasteiger partial charge is 0.369 e. The summed E-state index contributed by atoms with van der Waals surface area (Å²) >= 11 is 0. The van der Waals surface area contributed by atoms with Crippen LogP contribution in [0.3, 0.4) is 0 Å². The van der Waals surface area contributed by atoms with E-state index in [1.54, 1.807) is 0 Å². The second-order valence-corrected chi connectivity index (χ2v) is 5.00. The van der Waals surface area contributed by atoms with Crippen LogP contribution in [-0.2, 0) is 14.3 Å². The van der Waals surface area contributed by atoms with Crippen LogP contribution in [0, 0.1) is 0 Å². The average molecular weight is 244 g/mol. The van der Waals surface area contributed by atoms with E-state index in [4.69, 9.17) is 9.47 Å². The van der Waals surface area contributed by atoms with Gasteiger partial charge in [0.15, 0.2) is 0 Å². The van der Waals surface area contributed by atoms with Crippen LogP contribution in [0.1, 0.15) is 27.2 Å². The SMILES string of the molecule is CCCNC(=O)COCC1CNCC(C)(C)O1. The number of nitrogens with one attached hydrogen (secondary N) is 2. The second kappa shape index (κ2) is 6.93. The number of rotatable bonds is 6. The van der Waals surface area contributed by atoms with E-state index in [0.717, 1.165) is 19.5 Å². The zero-order chi connectivity index (χ0) is 12.7. The molecule has 0 radical (unpaired) electrons. The zero-order valence-corrected chi connectivity index (χ0v) is 11.0. The van der Waals surface area contributed by atoms with Gasteiger partial charge in [0.1, 0.15) is 6.61 Å². The van der Waals surface area contributed by atoms with E-state index in [-0.39, 0.29) is 24.2 Å². The fraction of sp³-hybridized carbons (Fsp3) is 0.917. The van der Waals surface area contributed by atoms with Gasteiger partial charge in [-0.1, -0.05) is 6.92 Å². The molecule has 1 amide bonds. The molecule has 1 fully saturated rings. The standard InChI is InChI=1S/C12H24N2O3/c1-4-5-14-11(15)8-16-7-10-6-13-9-12(2,3)17-10/h10,13H,4-9H2,1-3H3,(H,14,15). The van der Waals surface area contributed by atoms with E-state index in [0.29, 0.717) is 13.2 Å². The molecule has 100 valence electrons. The summed E-state index contributed by atoms with van der Waals surface area (Å²) in [5.74, 6) is -0.0603. The summed E-state index contributed by atoms with van der Waals surface area (Å²) in [5, 5.41) is 6.06. The van der Waals surface area contributed by atoms with Crippen molar-refractivity contribution in [3.05, 3.63) is 0 Å². The number of ether oxygens (including phenoxy) is 2. The number of morpholine rings is 1. The van der Waals surface area contributed by atoms with Gasteiger partial charge in [-0.25, -0.2) is 0 Å². The van der Waals surface area contributed by atoms with Gasteiger partial charge < -0.3 is 20.1 Å². The van der Waals surface area contributed by atoms with Crippen LogP contribution in [-0.4, -0.2) is 50.5 Å². The Bertz CT molecular complexity index is 244. The van der Waals surface area contributed by atoms with Gasteiger partial charge in [0.05, 0.1) is 18.3 Å². The Morgan fingerprint density at radius 2 is 2.35 bits per heavy atom. The third-order valence-corrected chi connectivity index (χ3v) is 2.52. The molecule has 0 bridgehead atoms. The van der Waals surface area contributed by atoms with Crippen molar-refractivity contribution in [2.75, 3.05) is 32.8 Å². The van der Waals surface area contributed by atoms with Crippen LogP contribution in [0.4, 0.5) is 0 Å². The summed E-state index contributed by atoms with van der Waals surface area (Å²) in [6.45, 7) is 9.00. The Balaban J connectivity index is 2.12. The predicted octanol–water partition coefficient (Wildman–Crippen LogP) is 0.296. The molecule has 0 aromatic heterocycles. The monoisotopic (exact) mass is 244 g/mol. The topological polar surface area (TPSA) is 59.6 Å². The van der Waals surface area contributed by atoms with Crippen molar-refractivity contribution >= 4 is 5.91 Å². The zero-order valence-electron chi connectivity index (χ0n) is 11.0. The number of hydrogen-bond acceptors (Lipinski definition) is 4. The van der Waals surface area contributed by atoms with Crippen molar-refractivity contribution in [3.8, 4) is 0 Å². The molecule has 5 nitrogen and oxygen atoms in total. The molecule has 17 heavy (non-hydrogen) atoms. The molecule has 2 N–H and O–H groups in total. The van der Waals surface area contributed by atoms with Crippen LogP contribution >= 0.6 is 0 Å². The molecule has 1 unspecified atom stereocenters. The Morgan fingerprint density at radius 3 is 3.00 bits per heavy atom. The summed E-state index contributed by atoms with van der Waals surface area (Å²) in [6.07, 6.45) is 0.966. The maximum atomic E-state index is 11.3. The molecule has 0 aromatic carbocycles. The predicted molar refractivity (Wildman–Crippen MR) is 65.9 cm³/mol. The summed E-state index contributed by atoms with van der Waals surface area (Å²) in [4.78, 5) is 11.3. The first kappa shape index (κ1) is 14.4. The second-order valence-electron chi connectivity index (χ2n) is 5.00. The molecule has 5 heteroatoms. The molecule has 1 rings (SSSR count). The van der Waals surface area contributed by atoms with Crippen LogP contribution in [0.2, 0.25) is 0 Å². The molecule has 1 heterocycles. The first-order valence-corrected chi connectivity index (χ1v) is 6.26. The molecule has 0 spiro atoms. The lowest BCUT2D eigenvalue weighted by atomic mass is 10.1. The summed E-state index contributed by atoms with van der Waals surface area (Å²) in [6, 6.07) is 0. The number of carbonyl (C=O) groups is 1. The Kier molecular flexibility index (Phi) is 5.88. The molecule has 0 saturated carbocycles. The Hall–Kier alpha value is -0.650. The fourth-order valence-electron chi connectivity index (χ4n) is 1.76. The van der Waals surface area contributed by atoms with E-state index in [1.165, 1.54) is 0 Å². The average Bonchev–Trinajstić information content (AvgIpc) is 2.25. The van der Waals surface area contributed by atoms with Crippen molar-refractivity contribution in [2.24, 2.45) is 0 Å². The third kappa shape index (κ3) is 6.00. The van der Waals surface area contributed by atoms with Gasteiger partial charge in [0.2, 0.25) is 5.91 Å². The summed E-state index contributed by atoms with van der Waals surface area (Å²) < 4.78 is 11.2. The number of carbonyl (C=O) groups excluding carboxylic acids is 1. The van der Waals surface area contributed by atoms with Gasteiger partial charge in [-0.05, 0) is 20.3 Å². The van der Waals surface area contributed by atoms with Gasteiger partial charge >= 0.3 is 0 Å². The van der Waals surface area contributed by atoms with Crippen LogP contribution in [0.15, 0.2) is 0 Å². The molecule has 1 aliphatic heterocycles. The molecule has 1 aliphatic rings. The van der Waals surface area contributed by atoms with Gasteiger partial charge in [-0.15, -0.1) is 0 Å². The van der Waals surface area contributed by atoms with E-state index in [1.807, 2.05) is 20.8 Å². The highest BCUT2D eigenvalue weighted by Gasteiger charge is 2.28.